The van der Waals surface area contributed by atoms with E-state index in [1.165, 1.54) is 30.6 Å². The van der Waals surface area contributed by atoms with Crippen molar-refractivity contribution in [3.8, 4) is 22.5 Å². The minimum atomic E-state index is -4.48. The van der Waals surface area contributed by atoms with Crippen molar-refractivity contribution < 1.29 is 17.6 Å². The summed E-state index contributed by atoms with van der Waals surface area (Å²) >= 11 is 0. The number of rotatable bonds is 2. The van der Waals surface area contributed by atoms with E-state index in [0.717, 1.165) is 12.1 Å². The first-order valence-electron chi connectivity index (χ1n) is 7.73. The number of aromatic amines is 2. The van der Waals surface area contributed by atoms with Gasteiger partial charge in [0.05, 0.1) is 22.2 Å². The Labute approximate surface area is 148 Å². The predicted octanol–water partition coefficient (Wildman–Crippen LogP) is 4.14. The van der Waals surface area contributed by atoms with Gasteiger partial charge in [0.15, 0.2) is 0 Å². The number of nitrogens with zero attached hydrogens (tertiary/aromatic N) is 2. The Kier molecular flexibility index (Phi) is 3.79. The standard InChI is InChI=1S/C18H10F4N4O/c19-13-5-9(10-7-23-17(27)24-8-10)1-3-12(13)16-25-14-4-2-11(18(20,21)22)6-15(14)26-16/h1-8H,(H,25,26)(H,23,24,27). The molecule has 0 spiro atoms. The number of halogens is 4. The lowest BCUT2D eigenvalue weighted by Gasteiger charge is -2.05. The molecule has 27 heavy (non-hydrogen) atoms. The van der Waals surface area contributed by atoms with Gasteiger partial charge in [-0.3, -0.25) is 0 Å². The van der Waals surface area contributed by atoms with Crippen LogP contribution >= 0.6 is 0 Å². The van der Waals surface area contributed by atoms with Crippen LogP contribution in [0.4, 0.5) is 17.6 Å². The summed E-state index contributed by atoms with van der Waals surface area (Å²) in [5.41, 5.74) is 0.234. The van der Waals surface area contributed by atoms with E-state index in [1.807, 2.05) is 0 Å². The van der Waals surface area contributed by atoms with Gasteiger partial charge in [-0.2, -0.15) is 13.2 Å². The predicted molar refractivity (Wildman–Crippen MR) is 90.3 cm³/mol. The number of benzene rings is 2. The molecule has 2 aromatic carbocycles. The van der Waals surface area contributed by atoms with Gasteiger partial charge in [0.1, 0.15) is 11.6 Å². The molecule has 136 valence electrons. The van der Waals surface area contributed by atoms with Gasteiger partial charge in [0.2, 0.25) is 0 Å². The average Bonchev–Trinajstić information content (AvgIpc) is 3.04. The topological polar surface area (TPSA) is 74.4 Å². The molecule has 9 heteroatoms. The highest BCUT2D eigenvalue weighted by molar-refractivity contribution is 5.80. The highest BCUT2D eigenvalue weighted by Gasteiger charge is 2.30. The van der Waals surface area contributed by atoms with E-state index in [-0.39, 0.29) is 16.9 Å². The largest absolute Gasteiger partial charge is 0.416 e. The van der Waals surface area contributed by atoms with Gasteiger partial charge in [-0.05, 0) is 35.9 Å². The molecule has 0 fully saturated rings. The highest BCUT2D eigenvalue weighted by Crippen LogP contribution is 2.32. The van der Waals surface area contributed by atoms with E-state index in [0.29, 0.717) is 16.6 Å². The van der Waals surface area contributed by atoms with Gasteiger partial charge in [0, 0.05) is 18.0 Å². The molecular weight excluding hydrogens is 364 g/mol. The van der Waals surface area contributed by atoms with Gasteiger partial charge in [0.25, 0.3) is 0 Å². The second-order valence-corrected chi connectivity index (χ2v) is 5.82. The zero-order valence-electron chi connectivity index (χ0n) is 13.4. The van der Waals surface area contributed by atoms with Crippen LogP contribution in [0, 0.1) is 5.82 Å². The number of nitrogens with one attached hydrogen (secondary N) is 2. The van der Waals surface area contributed by atoms with Crippen LogP contribution in [-0.4, -0.2) is 19.9 Å². The van der Waals surface area contributed by atoms with Crippen LogP contribution in [0.1, 0.15) is 5.56 Å². The summed E-state index contributed by atoms with van der Waals surface area (Å²) < 4.78 is 53.0. The van der Waals surface area contributed by atoms with E-state index >= 15 is 0 Å². The number of hydrogen-bond donors (Lipinski definition) is 2. The molecule has 0 atom stereocenters. The van der Waals surface area contributed by atoms with Gasteiger partial charge in [-0.1, -0.05) is 6.07 Å². The average molecular weight is 374 g/mol. The van der Waals surface area contributed by atoms with E-state index < -0.39 is 23.2 Å². The molecule has 2 heterocycles. The monoisotopic (exact) mass is 374 g/mol. The molecular formula is C18H10F4N4O. The zero-order chi connectivity index (χ0) is 19.2. The third-order valence-corrected chi connectivity index (χ3v) is 4.04. The number of fused-ring (bicyclic) bond motifs is 1. The summed E-state index contributed by atoms with van der Waals surface area (Å²) in [6.07, 6.45) is -1.76. The van der Waals surface area contributed by atoms with Crippen molar-refractivity contribution in [3.63, 3.8) is 0 Å². The molecule has 0 aliphatic carbocycles. The summed E-state index contributed by atoms with van der Waals surface area (Å²) in [5.74, 6) is -0.498. The van der Waals surface area contributed by atoms with Crippen molar-refractivity contribution in [2.45, 2.75) is 6.18 Å². The van der Waals surface area contributed by atoms with Gasteiger partial charge in [-0.25, -0.2) is 19.2 Å². The first kappa shape index (κ1) is 17.0. The molecule has 5 nitrogen and oxygen atoms in total. The molecule has 0 unspecified atom stereocenters. The van der Waals surface area contributed by atoms with Crippen molar-refractivity contribution in [3.05, 3.63) is 70.7 Å². The van der Waals surface area contributed by atoms with Crippen LogP contribution in [0.3, 0.4) is 0 Å². The van der Waals surface area contributed by atoms with Crippen LogP contribution in [-0.2, 0) is 6.18 Å². The van der Waals surface area contributed by atoms with Crippen molar-refractivity contribution in [2.75, 3.05) is 0 Å². The number of hydrogen-bond acceptors (Lipinski definition) is 3. The third-order valence-electron chi connectivity index (χ3n) is 4.04. The Balaban J connectivity index is 1.74. The lowest BCUT2D eigenvalue weighted by molar-refractivity contribution is -0.137. The second kappa shape index (κ2) is 6.04. The lowest BCUT2D eigenvalue weighted by atomic mass is 10.1. The first-order chi connectivity index (χ1) is 12.8. The highest BCUT2D eigenvalue weighted by atomic mass is 19.4. The fourth-order valence-electron chi connectivity index (χ4n) is 2.70. The van der Waals surface area contributed by atoms with Crippen LogP contribution in [0.5, 0.6) is 0 Å². The number of alkyl halides is 3. The fraction of sp³-hybridized carbons (Fsp3) is 0.0556. The smallest absolute Gasteiger partial charge is 0.338 e. The maximum atomic E-state index is 14.6. The molecule has 0 saturated heterocycles. The number of aromatic nitrogens is 4. The molecule has 0 bridgehead atoms. The van der Waals surface area contributed by atoms with Crippen LogP contribution in [0.2, 0.25) is 0 Å². The van der Waals surface area contributed by atoms with E-state index in [2.05, 4.69) is 19.9 Å². The fourth-order valence-corrected chi connectivity index (χ4v) is 2.70. The maximum Gasteiger partial charge on any atom is 0.416 e. The molecule has 2 aromatic heterocycles. The molecule has 0 aliphatic rings. The summed E-state index contributed by atoms with van der Waals surface area (Å²) in [5, 5.41) is 0. The van der Waals surface area contributed by atoms with Gasteiger partial charge in [-0.15, -0.1) is 0 Å². The Hall–Kier alpha value is -3.49. The Morgan fingerprint density at radius 3 is 2.48 bits per heavy atom. The van der Waals surface area contributed by atoms with Crippen LogP contribution < -0.4 is 5.69 Å². The van der Waals surface area contributed by atoms with Crippen molar-refractivity contribution >= 4 is 11.0 Å². The Morgan fingerprint density at radius 1 is 1.00 bits per heavy atom. The molecule has 0 radical (unpaired) electrons. The van der Waals surface area contributed by atoms with Gasteiger partial charge < -0.3 is 9.97 Å². The Bertz CT molecular complexity index is 1190. The normalized spacial score (nSPS) is 11.9. The van der Waals surface area contributed by atoms with Crippen molar-refractivity contribution in [1.82, 2.24) is 19.9 Å². The molecule has 0 amide bonds. The minimum absolute atomic E-state index is 0.112. The van der Waals surface area contributed by atoms with Crippen molar-refractivity contribution in [2.24, 2.45) is 0 Å². The Morgan fingerprint density at radius 2 is 1.81 bits per heavy atom. The van der Waals surface area contributed by atoms with E-state index in [9.17, 15) is 22.4 Å². The summed E-state index contributed by atoms with van der Waals surface area (Å²) in [4.78, 5) is 23.9. The molecule has 0 saturated carbocycles. The van der Waals surface area contributed by atoms with E-state index in [4.69, 9.17) is 0 Å². The van der Waals surface area contributed by atoms with Gasteiger partial charge >= 0.3 is 11.9 Å². The lowest BCUT2D eigenvalue weighted by Crippen LogP contribution is -2.07. The SMILES string of the molecule is O=c1ncc(-c2ccc(-c3nc4ccc(C(F)(F)F)cc4[nH]3)c(F)c2)c[nH]1. The van der Waals surface area contributed by atoms with Crippen molar-refractivity contribution in [1.29, 1.82) is 0 Å². The molecule has 4 rings (SSSR count). The zero-order valence-corrected chi connectivity index (χ0v) is 13.4. The molecule has 0 aliphatic heterocycles. The third kappa shape index (κ3) is 3.19. The minimum Gasteiger partial charge on any atom is -0.338 e. The summed E-state index contributed by atoms with van der Waals surface area (Å²) in [6.45, 7) is 0. The second-order valence-electron chi connectivity index (χ2n) is 5.82. The maximum absolute atomic E-state index is 14.6. The van der Waals surface area contributed by atoms with E-state index in [1.54, 1.807) is 6.07 Å². The van der Waals surface area contributed by atoms with Crippen LogP contribution in [0.25, 0.3) is 33.5 Å². The quantitative estimate of drug-likeness (QED) is 0.518. The molecule has 2 N–H and O–H groups in total. The number of H-pyrrole nitrogens is 2. The summed E-state index contributed by atoms with van der Waals surface area (Å²) in [6, 6.07) is 7.38. The molecule has 4 aromatic rings. The van der Waals surface area contributed by atoms with Crippen LogP contribution in [0.15, 0.2) is 53.6 Å². The number of imidazole rings is 1. The first-order valence-corrected chi connectivity index (χ1v) is 7.73. The summed E-state index contributed by atoms with van der Waals surface area (Å²) in [7, 11) is 0.